The van der Waals surface area contributed by atoms with Gasteiger partial charge in [-0.2, -0.15) is 0 Å². The number of halogens is 1. The molecule has 2 atom stereocenters. The van der Waals surface area contributed by atoms with Gasteiger partial charge in [0.15, 0.2) is 0 Å². The van der Waals surface area contributed by atoms with Crippen LogP contribution in [0.1, 0.15) is 23.1 Å². The highest BCUT2D eigenvalue weighted by atomic mass is 19.1. The molecule has 1 aromatic rings. The summed E-state index contributed by atoms with van der Waals surface area (Å²) < 4.78 is 18.1. The molecule has 0 aromatic heterocycles. The second-order valence-corrected chi connectivity index (χ2v) is 4.31. The van der Waals surface area contributed by atoms with Crippen molar-refractivity contribution in [2.75, 3.05) is 27.0 Å². The summed E-state index contributed by atoms with van der Waals surface area (Å²) in [5.41, 5.74) is 9.86. The highest BCUT2D eigenvalue weighted by Crippen LogP contribution is 2.25. The Bertz CT molecular complexity index is 445. The van der Waals surface area contributed by atoms with Gasteiger partial charge in [0.05, 0.1) is 25.4 Å². The van der Waals surface area contributed by atoms with Crippen LogP contribution in [-0.4, -0.2) is 43.3 Å². The molecule has 1 rings (SSSR count). The zero-order valence-corrected chi connectivity index (χ0v) is 11.2. The first-order chi connectivity index (χ1) is 9.71. The molecule has 0 heterocycles. The lowest BCUT2D eigenvalue weighted by Crippen LogP contribution is -2.20. The van der Waals surface area contributed by atoms with Crippen LogP contribution in [0.25, 0.3) is 10.4 Å². The quantitative estimate of drug-likeness (QED) is 0.434. The maximum Gasteiger partial charge on any atom is 0.101 e. The van der Waals surface area contributed by atoms with Crippen molar-refractivity contribution in [2.45, 2.75) is 18.1 Å². The molecule has 110 valence electrons. The molecule has 0 fully saturated rings. The Balaban J connectivity index is 2.97. The van der Waals surface area contributed by atoms with Gasteiger partial charge < -0.3 is 14.9 Å². The van der Waals surface area contributed by atoms with E-state index in [1.807, 2.05) is 0 Å². The van der Waals surface area contributed by atoms with Crippen LogP contribution >= 0.6 is 0 Å². The van der Waals surface area contributed by atoms with E-state index in [4.69, 9.17) is 20.5 Å². The fraction of sp³-hybridized carbons (Fsp3) is 0.538. The summed E-state index contributed by atoms with van der Waals surface area (Å²) in [5.74, 6) is -0.348. The number of nitrogens with zero attached hydrogens (tertiary/aromatic N) is 3. The highest BCUT2D eigenvalue weighted by molar-refractivity contribution is 5.28. The molecule has 20 heavy (non-hydrogen) atoms. The fourth-order valence-corrected chi connectivity index (χ4v) is 1.98. The van der Waals surface area contributed by atoms with E-state index in [9.17, 15) is 4.39 Å². The van der Waals surface area contributed by atoms with Crippen LogP contribution in [0, 0.1) is 0 Å². The SMILES string of the molecule is CO[C@H](c1ccc(C(CO)CO)cc1)[C@@H](CF)N=[N+]=[N-]. The number of benzene rings is 1. The summed E-state index contributed by atoms with van der Waals surface area (Å²) in [6, 6.07) is 5.94. The first kappa shape index (κ1) is 16.4. The minimum absolute atomic E-state index is 0.157. The highest BCUT2D eigenvalue weighted by Gasteiger charge is 2.22. The van der Waals surface area contributed by atoms with Gasteiger partial charge in [0.1, 0.15) is 6.67 Å². The van der Waals surface area contributed by atoms with Gasteiger partial charge in [-0.05, 0) is 16.7 Å². The number of hydrogen-bond acceptors (Lipinski definition) is 4. The number of ether oxygens (including phenoxy) is 1. The predicted octanol–water partition coefficient (Wildman–Crippen LogP) is 2.09. The van der Waals surface area contributed by atoms with Gasteiger partial charge >= 0.3 is 0 Å². The Morgan fingerprint density at radius 1 is 1.25 bits per heavy atom. The largest absolute Gasteiger partial charge is 0.396 e. The minimum Gasteiger partial charge on any atom is -0.396 e. The second-order valence-electron chi connectivity index (χ2n) is 4.31. The monoisotopic (exact) mass is 283 g/mol. The van der Waals surface area contributed by atoms with Crippen LogP contribution in [0.2, 0.25) is 0 Å². The molecule has 0 unspecified atom stereocenters. The molecule has 0 saturated heterocycles. The van der Waals surface area contributed by atoms with Gasteiger partial charge in [-0.1, -0.05) is 29.4 Å². The number of hydrogen-bond donors (Lipinski definition) is 2. The van der Waals surface area contributed by atoms with Crippen LogP contribution in [0.15, 0.2) is 29.4 Å². The summed E-state index contributed by atoms with van der Waals surface area (Å²) in [7, 11) is 1.42. The van der Waals surface area contributed by atoms with Gasteiger partial charge in [0, 0.05) is 17.9 Å². The average Bonchev–Trinajstić information content (AvgIpc) is 2.49. The first-order valence-corrected chi connectivity index (χ1v) is 6.16. The van der Waals surface area contributed by atoms with Crippen LogP contribution in [0.5, 0.6) is 0 Å². The Hall–Kier alpha value is -1.66. The van der Waals surface area contributed by atoms with Gasteiger partial charge in [-0.3, -0.25) is 4.39 Å². The van der Waals surface area contributed by atoms with Crippen molar-refractivity contribution >= 4 is 0 Å². The molecule has 0 saturated carbocycles. The number of aliphatic hydroxyl groups excluding tert-OH is 2. The zero-order chi connectivity index (χ0) is 15.0. The molecule has 0 radical (unpaired) electrons. The topological polar surface area (TPSA) is 98.5 Å². The molecule has 0 aliphatic carbocycles. The maximum absolute atomic E-state index is 12.9. The molecule has 7 heteroatoms. The van der Waals surface area contributed by atoms with E-state index in [0.29, 0.717) is 5.56 Å². The van der Waals surface area contributed by atoms with Crippen LogP contribution in [0.3, 0.4) is 0 Å². The van der Waals surface area contributed by atoms with E-state index >= 15 is 0 Å². The molecule has 0 spiro atoms. The van der Waals surface area contributed by atoms with Crippen LogP contribution in [-0.2, 0) is 4.74 Å². The van der Waals surface area contributed by atoms with E-state index < -0.39 is 18.8 Å². The third kappa shape index (κ3) is 3.91. The van der Waals surface area contributed by atoms with E-state index in [1.165, 1.54) is 7.11 Å². The number of rotatable bonds is 8. The number of aliphatic hydroxyl groups is 2. The zero-order valence-electron chi connectivity index (χ0n) is 11.2. The van der Waals surface area contributed by atoms with Crippen molar-refractivity contribution in [1.29, 1.82) is 0 Å². The molecule has 6 nitrogen and oxygen atoms in total. The molecule has 1 aromatic carbocycles. The third-order valence-corrected chi connectivity index (χ3v) is 3.14. The molecule has 0 aliphatic rings. The molecule has 0 bridgehead atoms. The van der Waals surface area contributed by atoms with Crippen molar-refractivity contribution < 1.29 is 19.3 Å². The molecular formula is C13H18FN3O3. The van der Waals surface area contributed by atoms with E-state index in [0.717, 1.165) is 5.56 Å². The Morgan fingerprint density at radius 3 is 2.20 bits per heavy atom. The molecular weight excluding hydrogens is 265 g/mol. The summed E-state index contributed by atoms with van der Waals surface area (Å²) in [6.07, 6.45) is -0.674. The van der Waals surface area contributed by atoms with E-state index in [-0.39, 0.29) is 19.1 Å². The normalized spacial score (nSPS) is 13.8. The number of methoxy groups -OCH3 is 1. The minimum atomic E-state index is -0.928. The van der Waals surface area contributed by atoms with Crippen molar-refractivity contribution in [3.63, 3.8) is 0 Å². The van der Waals surface area contributed by atoms with Crippen molar-refractivity contribution in [1.82, 2.24) is 0 Å². The van der Waals surface area contributed by atoms with Gasteiger partial charge in [-0.25, -0.2) is 0 Å². The predicted molar refractivity (Wildman–Crippen MR) is 72.0 cm³/mol. The molecule has 0 aliphatic heterocycles. The van der Waals surface area contributed by atoms with Gasteiger partial charge in [-0.15, -0.1) is 0 Å². The summed E-state index contributed by atoms with van der Waals surface area (Å²) in [4.78, 5) is 2.61. The Kier molecular flexibility index (Phi) is 6.97. The van der Waals surface area contributed by atoms with Gasteiger partial charge in [0.2, 0.25) is 0 Å². The second kappa shape index (κ2) is 8.50. The smallest absolute Gasteiger partial charge is 0.101 e. The summed E-state index contributed by atoms with van der Waals surface area (Å²) in [5, 5.41) is 21.6. The first-order valence-electron chi connectivity index (χ1n) is 6.16. The number of azide groups is 1. The standard InChI is InChI=1S/C13H18FN3O3/c1-20-13(12(6-14)16-17-15)10-4-2-9(3-5-10)11(7-18)8-19/h2-5,11-13,18-19H,6-8H2,1H3/t12-,13-/m1/s1. The lowest BCUT2D eigenvalue weighted by atomic mass is 9.96. The van der Waals surface area contributed by atoms with Gasteiger partial charge in [0.25, 0.3) is 0 Å². The summed E-state index contributed by atoms with van der Waals surface area (Å²) in [6.45, 7) is -1.13. The van der Waals surface area contributed by atoms with Crippen LogP contribution in [0.4, 0.5) is 4.39 Å². The van der Waals surface area contributed by atoms with Crippen LogP contribution < -0.4 is 0 Å². The Labute approximate surface area is 116 Å². The lowest BCUT2D eigenvalue weighted by molar-refractivity contribution is 0.0722. The Morgan fingerprint density at radius 2 is 1.80 bits per heavy atom. The fourth-order valence-electron chi connectivity index (χ4n) is 1.98. The maximum atomic E-state index is 12.9. The number of alkyl halides is 1. The van der Waals surface area contributed by atoms with Crippen molar-refractivity contribution in [3.8, 4) is 0 Å². The average molecular weight is 283 g/mol. The molecule has 2 N–H and O–H groups in total. The summed E-state index contributed by atoms with van der Waals surface area (Å²) >= 11 is 0. The van der Waals surface area contributed by atoms with E-state index in [2.05, 4.69) is 10.0 Å². The van der Waals surface area contributed by atoms with Crippen molar-refractivity contribution in [3.05, 3.63) is 45.8 Å². The van der Waals surface area contributed by atoms with Crippen molar-refractivity contribution in [2.24, 2.45) is 5.11 Å². The van der Waals surface area contributed by atoms with E-state index in [1.54, 1.807) is 24.3 Å². The third-order valence-electron chi connectivity index (χ3n) is 3.14. The lowest BCUT2D eigenvalue weighted by Gasteiger charge is -2.21. The molecule has 0 amide bonds.